The number of sulfonamides is 1. The van der Waals surface area contributed by atoms with E-state index in [1.165, 1.54) is 4.90 Å². The molecule has 0 unspecified atom stereocenters. The molecule has 14 nitrogen and oxygen atoms in total. The van der Waals surface area contributed by atoms with Crippen LogP contribution in [0.4, 0.5) is 4.79 Å². The molecule has 0 radical (unpaired) electrons. The van der Waals surface area contributed by atoms with Crippen LogP contribution >= 0.6 is 0 Å². The van der Waals surface area contributed by atoms with Crippen molar-refractivity contribution < 1.29 is 46.1 Å². The third-order valence-corrected chi connectivity index (χ3v) is 12.3. The van der Waals surface area contributed by atoms with Gasteiger partial charge in [-0.05, 0) is 101 Å². The standard InChI is InChI=1S/C38H51N5O9S.3H2/c1-22-9-7-8-10-25-20-38(25,35(46)42-53(48,49)28-12-13-28)41-32(44)30-19-27(51-33-29-14-11-26(50-6)18-24(29)15-16-39-33)21-43(30)34(45)31(23(2)17-22)40-36(47)52-37(3,4)5;;;/h8,10-11,14-16,18,22-23,25,27-28,30-31H,7,9,12-13,17,19-21H2,1-6H3,(H,40,47)(H,41,44)(H,42,46);3*1H/b10-8-;;;/t22-,23-,25-,27-,30+,31+,38-;;;/m1.../s1. The van der Waals surface area contributed by atoms with Gasteiger partial charge in [0.2, 0.25) is 27.7 Å². The molecule has 2 aromatic rings. The zero-order valence-electron chi connectivity index (χ0n) is 31.2. The second kappa shape index (κ2) is 14.8. The van der Waals surface area contributed by atoms with Gasteiger partial charge < -0.3 is 29.7 Å². The maximum Gasteiger partial charge on any atom is 0.408 e. The first-order valence-corrected chi connectivity index (χ1v) is 20.0. The van der Waals surface area contributed by atoms with Crippen LogP contribution < -0.4 is 24.8 Å². The molecule has 1 aromatic heterocycles. The Kier molecular flexibility index (Phi) is 10.7. The van der Waals surface area contributed by atoms with E-state index in [1.807, 2.05) is 37.3 Å². The summed E-state index contributed by atoms with van der Waals surface area (Å²) in [6.45, 7) is 9.16. The number of nitrogens with zero attached hydrogens (tertiary/aromatic N) is 2. The first-order valence-electron chi connectivity index (χ1n) is 18.4. The summed E-state index contributed by atoms with van der Waals surface area (Å²) in [6, 6.07) is 5.13. The number of aromatic nitrogens is 1. The highest BCUT2D eigenvalue weighted by molar-refractivity contribution is 7.91. The van der Waals surface area contributed by atoms with Crippen molar-refractivity contribution >= 4 is 44.6 Å². The zero-order chi connectivity index (χ0) is 38.3. The number of carbonyl (C=O) groups excluding carboxylic acids is 4. The van der Waals surface area contributed by atoms with Crippen LogP contribution in [0.1, 0.15) is 83.8 Å². The second-order valence-electron chi connectivity index (χ2n) is 16.1. The van der Waals surface area contributed by atoms with Crippen molar-refractivity contribution in [2.24, 2.45) is 17.8 Å². The van der Waals surface area contributed by atoms with Crippen LogP contribution in [0.15, 0.2) is 42.6 Å². The number of benzene rings is 1. The van der Waals surface area contributed by atoms with Crippen LogP contribution in [0.3, 0.4) is 0 Å². The molecule has 53 heavy (non-hydrogen) atoms. The number of hydrogen-bond acceptors (Lipinski definition) is 10. The van der Waals surface area contributed by atoms with Gasteiger partial charge >= 0.3 is 6.09 Å². The maximum absolute atomic E-state index is 14.7. The summed E-state index contributed by atoms with van der Waals surface area (Å²) >= 11 is 0. The molecular formula is C38H57N5O9S. The van der Waals surface area contributed by atoms with Crippen molar-refractivity contribution in [1.82, 2.24) is 25.2 Å². The molecule has 4 aliphatic rings. The number of hydrogen-bond donors (Lipinski definition) is 3. The number of ether oxygens (including phenoxy) is 3. The van der Waals surface area contributed by atoms with Crippen LogP contribution in [0.2, 0.25) is 0 Å². The van der Waals surface area contributed by atoms with Crippen molar-refractivity contribution in [2.75, 3.05) is 13.7 Å². The van der Waals surface area contributed by atoms with Crippen molar-refractivity contribution in [3.63, 3.8) is 0 Å². The first kappa shape index (κ1) is 38.3. The highest BCUT2D eigenvalue weighted by Crippen LogP contribution is 2.46. The molecule has 2 aliphatic carbocycles. The number of pyridine rings is 1. The minimum atomic E-state index is -3.89. The number of methoxy groups -OCH3 is 1. The molecule has 1 saturated heterocycles. The van der Waals surface area contributed by atoms with Crippen LogP contribution in [-0.2, 0) is 29.1 Å². The summed E-state index contributed by atoms with van der Waals surface area (Å²) in [5.74, 6) is -1.55. The van der Waals surface area contributed by atoms with Gasteiger partial charge in [-0.3, -0.25) is 19.1 Å². The minimum Gasteiger partial charge on any atom is -0.497 e. The molecule has 1 aromatic carbocycles. The monoisotopic (exact) mass is 759 g/mol. The average Bonchev–Trinajstić information content (AvgIpc) is 4.01. The lowest BCUT2D eigenvalue weighted by Crippen LogP contribution is -2.59. The predicted octanol–water partition coefficient (Wildman–Crippen LogP) is 4.72. The van der Waals surface area contributed by atoms with E-state index < -0.39 is 74.3 Å². The quantitative estimate of drug-likeness (QED) is 0.334. The van der Waals surface area contributed by atoms with E-state index in [-0.39, 0.29) is 35.5 Å². The van der Waals surface area contributed by atoms with E-state index in [0.717, 1.165) is 11.8 Å². The van der Waals surface area contributed by atoms with E-state index in [4.69, 9.17) is 14.2 Å². The van der Waals surface area contributed by atoms with Gasteiger partial charge in [0, 0.05) is 28.2 Å². The van der Waals surface area contributed by atoms with E-state index in [9.17, 15) is 27.6 Å². The Hall–Kier alpha value is -4.40. The minimum absolute atomic E-state index is 0. The van der Waals surface area contributed by atoms with E-state index in [1.54, 1.807) is 40.1 Å². The molecule has 3 fully saturated rings. The summed E-state index contributed by atoms with van der Waals surface area (Å²) < 4.78 is 45.3. The molecule has 6 rings (SSSR count). The van der Waals surface area contributed by atoms with Crippen molar-refractivity contribution in [1.29, 1.82) is 0 Å². The maximum atomic E-state index is 14.7. The fourth-order valence-corrected chi connectivity index (χ4v) is 8.80. The van der Waals surface area contributed by atoms with Crippen molar-refractivity contribution in [2.45, 2.75) is 114 Å². The molecule has 15 heteroatoms. The molecule has 0 spiro atoms. The smallest absolute Gasteiger partial charge is 0.408 e. The zero-order valence-corrected chi connectivity index (χ0v) is 32.0. The molecule has 7 atom stereocenters. The fourth-order valence-electron chi connectivity index (χ4n) is 7.44. The van der Waals surface area contributed by atoms with Gasteiger partial charge in [-0.1, -0.05) is 26.0 Å². The number of alkyl carbamates (subject to hydrolysis) is 1. The van der Waals surface area contributed by atoms with Crippen molar-refractivity contribution in [3.8, 4) is 11.6 Å². The molecule has 294 valence electrons. The number of rotatable bonds is 7. The molecule has 3 heterocycles. The molecule has 4 amide bonds. The second-order valence-corrected chi connectivity index (χ2v) is 18.0. The topological polar surface area (TPSA) is 182 Å². The predicted molar refractivity (Wildman–Crippen MR) is 203 cm³/mol. The number of nitrogens with one attached hydrogen (secondary N) is 3. The summed E-state index contributed by atoms with van der Waals surface area (Å²) in [5.41, 5.74) is -2.32. The number of fused-ring (bicyclic) bond motifs is 3. The highest BCUT2D eigenvalue weighted by atomic mass is 32.2. The van der Waals surface area contributed by atoms with Crippen molar-refractivity contribution in [3.05, 3.63) is 42.6 Å². The lowest BCUT2D eigenvalue weighted by atomic mass is 9.88. The normalized spacial score (nSPS) is 30.1. The van der Waals surface area contributed by atoms with E-state index in [0.29, 0.717) is 42.7 Å². The van der Waals surface area contributed by atoms with Gasteiger partial charge in [-0.25, -0.2) is 18.2 Å². The van der Waals surface area contributed by atoms with Crippen LogP contribution in [-0.4, -0.2) is 90.3 Å². The lowest BCUT2D eigenvalue weighted by Gasteiger charge is -2.33. The first-order chi connectivity index (χ1) is 25.0. The fraction of sp³-hybridized carbons (Fsp3) is 0.605. The van der Waals surface area contributed by atoms with Crippen LogP contribution in [0.25, 0.3) is 10.8 Å². The summed E-state index contributed by atoms with van der Waals surface area (Å²) in [4.78, 5) is 61.9. The van der Waals surface area contributed by atoms with Gasteiger partial charge in [-0.15, -0.1) is 0 Å². The van der Waals surface area contributed by atoms with E-state index in [2.05, 4.69) is 27.3 Å². The lowest BCUT2D eigenvalue weighted by molar-refractivity contribution is -0.142. The Morgan fingerprint density at radius 3 is 2.55 bits per heavy atom. The number of carbonyl (C=O) groups is 4. The number of amides is 4. The van der Waals surface area contributed by atoms with Gasteiger partial charge in [0.25, 0.3) is 5.91 Å². The van der Waals surface area contributed by atoms with Crippen LogP contribution in [0.5, 0.6) is 11.6 Å². The van der Waals surface area contributed by atoms with Crippen LogP contribution in [0, 0.1) is 17.8 Å². The van der Waals surface area contributed by atoms with Gasteiger partial charge in [0.1, 0.15) is 35.1 Å². The third-order valence-electron chi connectivity index (χ3n) is 10.5. The number of allylic oxidation sites excluding steroid dienone is 1. The Balaban J connectivity index is 0.00000280. The Morgan fingerprint density at radius 2 is 1.85 bits per heavy atom. The SMILES string of the molecule is COc1ccc2c(O[C@@H]3C[C@H]4C(=O)N[C@]5(C(=O)NS(=O)(=O)C6CC6)C[C@H]5/C=C\CC[C@@H](C)C[C@@H](C)[C@H](NC(=O)OC(C)(C)C)C(=O)N4C3)nccc2c1.[HH].[HH].[HH]. The highest BCUT2D eigenvalue weighted by Gasteiger charge is 2.62. The van der Waals surface area contributed by atoms with Gasteiger partial charge in [-0.2, -0.15) is 0 Å². The van der Waals surface area contributed by atoms with E-state index >= 15 is 0 Å². The molecule has 3 N–H and O–H groups in total. The van der Waals surface area contributed by atoms with Gasteiger partial charge in [0.05, 0.1) is 18.9 Å². The Bertz CT molecular complexity index is 1910. The summed E-state index contributed by atoms with van der Waals surface area (Å²) in [6.07, 6.45) is 7.24. The molecule has 2 aliphatic heterocycles. The average molecular weight is 760 g/mol. The third kappa shape index (κ3) is 8.71. The summed E-state index contributed by atoms with van der Waals surface area (Å²) in [7, 11) is -2.32. The Labute approximate surface area is 315 Å². The summed E-state index contributed by atoms with van der Waals surface area (Å²) in [5, 5.41) is 6.59. The largest absolute Gasteiger partial charge is 0.497 e. The molecule has 2 saturated carbocycles. The molecule has 0 bridgehead atoms. The molecular weight excluding hydrogens is 703 g/mol. The van der Waals surface area contributed by atoms with Gasteiger partial charge in [0.15, 0.2) is 0 Å². The Morgan fingerprint density at radius 1 is 1.09 bits per heavy atom.